The number of rotatable bonds is 4. The summed E-state index contributed by atoms with van der Waals surface area (Å²) in [5.74, 6) is -0.219. The second-order valence-corrected chi connectivity index (χ2v) is 8.54. The molecule has 0 spiro atoms. The second kappa shape index (κ2) is 8.00. The third kappa shape index (κ3) is 3.70. The summed E-state index contributed by atoms with van der Waals surface area (Å²) < 4.78 is 1.75. The molecule has 0 saturated heterocycles. The predicted molar refractivity (Wildman–Crippen MR) is 122 cm³/mol. The molecule has 5 nitrogen and oxygen atoms in total. The average molecular weight is 440 g/mol. The first-order valence-corrected chi connectivity index (χ1v) is 10.4. The summed E-state index contributed by atoms with van der Waals surface area (Å²) in [5.41, 5.74) is 17.5. The van der Waals surface area contributed by atoms with E-state index >= 15 is 0 Å². The van der Waals surface area contributed by atoms with Crippen molar-refractivity contribution in [1.82, 2.24) is 15.0 Å². The van der Waals surface area contributed by atoms with Gasteiger partial charge in [-0.25, -0.2) is 4.68 Å². The maximum atomic E-state index is 7.11. The molecule has 4 N–H and O–H groups in total. The van der Waals surface area contributed by atoms with Gasteiger partial charge in [-0.05, 0) is 47.9 Å². The van der Waals surface area contributed by atoms with Crippen LogP contribution >= 0.6 is 23.2 Å². The van der Waals surface area contributed by atoms with E-state index in [4.69, 9.17) is 34.7 Å². The van der Waals surface area contributed by atoms with Crippen molar-refractivity contribution in [2.75, 3.05) is 0 Å². The number of benzene rings is 2. The van der Waals surface area contributed by atoms with Crippen LogP contribution in [0.1, 0.15) is 28.4 Å². The number of allylic oxidation sites excluding steroid dienone is 2. The lowest BCUT2D eigenvalue weighted by molar-refractivity contribution is 0.420. The van der Waals surface area contributed by atoms with Gasteiger partial charge in [0.15, 0.2) is 0 Å². The molecular weight excluding hydrogens is 417 g/mol. The molecule has 0 fully saturated rings. The molecule has 0 bridgehead atoms. The van der Waals surface area contributed by atoms with Crippen LogP contribution < -0.4 is 11.5 Å². The van der Waals surface area contributed by atoms with Gasteiger partial charge in [0.1, 0.15) is 0 Å². The fourth-order valence-electron chi connectivity index (χ4n) is 4.15. The van der Waals surface area contributed by atoms with Gasteiger partial charge >= 0.3 is 0 Å². The van der Waals surface area contributed by atoms with Crippen molar-refractivity contribution in [2.45, 2.75) is 24.4 Å². The van der Waals surface area contributed by atoms with Crippen molar-refractivity contribution in [2.24, 2.45) is 18.5 Å². The van der Waals surface area contributed by atoms with E-state index in [0.717, 1.165) is 28.1 Å². The smallest absolute Gasteiger partial charge is 0.0908 e. The average Bonchev–Trinajstić information content (AvgIpc) is 3.06. The molecule has 2 atom stereocenters. The first kappa shape index (κ1) is 20.8. The van der Waals surface area contributed by atoms with Gasteiger partial charge in [0.25, 0.3) is 0 Å². The SMILES string of the molecule is Cc1nnn(C)c1C1=CC(N)(C(c2ccc(Cl)cc2)c2ccc(Cl)cc2)C(N)C=C1. The highest BCUT2D eigenvalue weighted by Gasteiger charge is 2.42. The highest BCUT2D eigenvalue weighted by molar-refractivity contribution is 6.30. The number of aromatic nitrogens is 3. The zero-order valence-electron chi connectivity index (χ0n) is 16.8. The van der Waals surface area contributed by atoms with Crippen LogP contribution in [0.3, 0.4) is 0 Å². The van der Waals surface area contributed by atoms with E-state index in [2.05, 4.69) is 10.3 Å². The highest BCUT2D eigenvalue weighted by atomic mass is 35.5. The Bertz CT molecular complexity index is 1050. The van der Waals surface area contributed by atoms with Gasteiger partial charge in [0, 0.05) is 29.1 Å². The molecule has 2 aromatic carbocycles. The number of nitrogens with two attached hydrogens (primary N) is 2. The van der Waals surface area contributed by atoms with Crippen LogP contribution in [0.15, 0.2) is 66.8 Å². The minimum absolute atomic E-state index is 0.219. The maximum absolute atomic E-state index is 7.11. The lowest BCUT2D eigenvalue weighted by Gasteiger charge is -2.41. The van der Waals surface area contributed by atoms with Crippen molar-refractivity contribution in [3.05, 3.63) is 99.3 Å². The van der Waals surface area contributed by atoms with E-state index in [-0.39, 0.29) is 5.92 Å². The molecule has 2 unspecified atom stereocenters. The van der Waals surface area contributed by atoms with Crippen molar-refractivity contribution in [3.8, 4) is 0 Å². The van der Waals surface area contributed by atoms with Crippen molar-refractivity contribution >= 4 is 28.8 Å². The van der Waals surface area contributed by atoms with Gasteiger partial charge in [-0.1, -0.05) is 70.9 Å². The Morgan fingerprint density at radius 3 is 2.00 bits per heavy atom. The van der Waals surface area contributed by atoms with Crippen LogP contribution in [-0.2, 0) is 7.05 Å². The number of halogens is 2. The first-order valence-electron chi connectivity index (χ1n) is 9.62. The van der Waals surface area contributed by atoms with E-state index in [0.29, 0.717) is 10.0 Å². The molecule has 0 radical (unpaired) electrons. The molecule has 0 aliphatic heterocycles. The molecule has 3 aromatic rings. The van der Waals surface area contributed by atoms with Crippen LogP contribution in [0.25, 0.3) is 5.57 Å². The zero-order chi connectivity index (χ0) is 21.5. The molecule has 1 aliphatic rings. The summed E-state index contributed by atoms with van der Waals surface area (Å²) in [6.45, 7) is 1.93. The number of hydrogen-bond acceptors (Lipinski definition) is 4. The van der Waals surface area contributed by atoms with Crippen LogP contribution in [-0.4, -0.2) is 26.6 Å². The Hall–Kier alpha value is -2.44. The van der Waals surface area contributed by atoms with Crippen molar-refractivity contribution in [3.63, 3.8) is 0 Å². The molecule has 7 heteroatoms. The van der Waals surface area contributed by atoms with Crippen LogP contribution in [0.2, 0.25) is 10.0 Å². The summed E-state index contributed by atoms with van der Waals surface area (Å²) in [6, 6.07) is 15.0. The number of nitrogens with zero attached hydrogens (tertiary/aromatic N) is 3. The molecule has 1 aromatic heterocycles. The largest absolute Gasteiger partial charge is 0.323 e. The third-order valence-corrected chi connectivity index (χ3v) is 6.15. The van der Waals surface area contributed by atoms with E-state index in [9.17, 15) is 0 Å². The quantitative estimate of drug-likeness (QED) is 0.636. The minimum Gasteiger partial charge on any atom is -0.323 e. The summed E-state index contributed by atoms with van der Waals surface area (Å²) in [7, 11) is 1.87. The fourth-order valence-corrected chi connectivity index (χ4v) is 4.40. The molecular formula is C23H23Cl2N5. The van der Waals surface area contributed by atoms with Crippen molar-refractivity contribution < 1.29 is 0 Å². The maximum Gasteiger partial charge on any atom is 0.0908 e. The normalized spacial score (nSPS) is 21.2. The fraction of sp³-hybridized carbons (Fsp3) is 0.217. The second-order valence-electron chi connectivity index (χ2n) is 7.67. The molecule has 0 amide bonds. The Morgan fingerprint density at radius 1 is 1.00 bits per heavy atom. The number of hydrogen-bond donors (Lipinski definition) is 2. The lowest BCUT2D eigenvalue weighted by atomic mass is 9.69. The van der Waals surface area contributed by atoms with Gasteiger partial charge < -0.3 is 11.5 Å². The number of aryl methyl sites for hydroxylation is 2. The summed E-state index contributed by atoms with van der Waals surface area (Å²) in [6.07, 6.45) is 5.97. The van der Waals surface area contributed by atoms with Gasteiger partial charge in [0.2, 0.25) is 0 Å². The van der Waals surface area contributed by atoms with Crippen LogP contribution in [0, 0.1) is 6.92 Å². The van der Waals surface area contributed by atoms with Crippen molar-refractivity contribution in [1.29, 1.82) is 0 Å². The molecule has 1 aliphatic carbocycles. The Labute approximate surface area is 186 Å². The molecule has 0 saturated carbocycles. The van der Waals surface area contributed by atoms with Crippen LogP contribution in [0.5, 0.6) is 0 Å². The summed E-state index contributed by atoms with van der Waals surface area (Å²) in [4.78, 5) is 0. The zero-order valence-corrected chi connectivity index (χ0v) is 18.3. The van der Waals surface area contributed by atoms with Gasteiger partial charge in [0.05, 0.1) is 16.9 Å². The van der Waals surface area contributed by atoms with E-state index in [1.165, 1.54) is 0 Å². The Morgan fingerprint density at radius 2 is 1.53 bits per heavy atom. The van der Waals surface area contributed by atoms with E-state index in [1.807, 2.05) is 80.7 Å². The van der Waals surface area contributed by atoms with Gasteiger partial charge in [-0.15, -0.1) is 5.10 Å². The van der Waals surface area contributed by atoms with E-state index in [1.54, 1.807) is 4.68 Å². The highest BCUT2D eigenvalue weighted by Crippen LogP contribution is 2.41. The monoisotopic (exact) mass is 439 g/mol. The molecule has 1 heterocycles. The standard InChI is InChI=1S/C23H23Cl2N5/c1-14-22(30(2)29-28-14)17-7-12-20(26)23(27,13-17)21(15-3-8-18(24)9-4-15)16-5-10-19(25)11-6-16/h3-13,20-21H,26-27H2,1-2H3. The lowest BCUT2D eigenvalue weighted by Crippen LogP contribution is -2.58. The summed E-state index contributed by atoms with van der Waals surface area (Å²) >= 11 is 12.3. The first-order chi connectivity index (χ1) is 14.3. The van der Waals surface area contributed by atoms with Gasteiger partial charge in [-0.3, -0.25) is 0 Å². The van der Waals surface area contributed by atoms with E-state index < -0.39 is 11.6 Å². The minimum atomic E-state index is -0.900. The van der Waals surface area contributed by atoms with Crippen LogP contribution in [0.4, 0.5) is 0 Å². The molecule has 30 heavy (non-hydrogen) atoms. The van der Waals surface area contributed by atoms with Gasteiger partial charge in [-0.2, -0.15) is 0 Å². The molecule has 154 valence electrons. The summed E-state index contributed by atoms with van der Waals surface area (Å²) in [5, 5.41) is 9.64. The predicted octanol–water partition coefficient (Wildman–Crippen LogP) is 4.24. The Balaban J connectivity index is 1.90. The third-order valence-electron chi connectivity index (χ3n) is 5.64. The Kier molecular flexibility index (Phi) is 5.55. The topological polar surface area (TPSA) is 82.8 Å². The molecule has 4 rings (SSSR count).